The molecule has 0 saturated carbocycles. The van der Waals surface area contributed by atoms with Gasteiger partial charge in [-0.1, -0.05) is 68.2 Å². The molecule has 6 nitrogen and oxygen atoms in total. The lowest BCUT2D eigenvalue weighted by molar-refractivity contribution is -0.146. The third-order valence-electron chi connectivity index (χ3n) is 5.80. The summed E-state index contributed by atoms with van der Waals surface area (Å²) >= 11 is 0. The molecule has 1 aromatic heterocycles. The van der Waals surface area contributed by atoms with Gasteiger partial charge in [-0.15, -0.1) is 0 Å². The lowest BCUT2D eigenvalue weighted by Gasteiger charge is -2.39. The van der Waals surface area contributed by atoms with Gasteiger partial charge in [0.2, 0.25) is 13.2 Å². The first-order valence-corrected chi connectivity index (χ1v) is 12.4. The second-order valence-corrected chi connectivity index (χ2v) is 10.0. The van der Waals surface area contributed by atoms with Crippen LogP contribution in [0.4, 0.5) is 4.39 Å². The summed E-state index contributed by atoms with van der Waals surface area (Å²) in [5.41, 5.74) is -0.682. The summed E-state index contributed by atoms with van der Waals surface area (Å²) < 4.78 is 26.6. The first-order chi connectivity index (χ1) is 16.5. The molecule has 1 heterocycles. The summed E-state index contributed by atoms with van der Waals surface area (Å²) in [7, 11) is -4.03. The highest BCUT2D eigenvalue weighted by Gasteiger charge is 2.62. The number of carbonyl (C=O) groups is 1. The van der Waals surface area contributed by atoms with Gasteiger partial charge in [0.1, 0.15) is 11.4 Å². The van der Waals surface area contributed by atoms with Crippen molar-refractivity contribution in [3.8, 4) is 23.1 Å². The summed E-state index contributed by atoms with van der Waals surface area (Å²) in [4.78, 5) is 27.7. The van der Waals surface area contributed by atoms with Crippen LogP contribution in [0.25, 0.3) is 11.3 Å². The SMILES string of the molecule is Cc1cc(F)ccc1CC(O)(c1cccc(-c2ccccc2)n1)C(C#CC(C)C)(C(=O)O)[PH](=O)O. The van der Waals surface area contributed by atoms with Crippen LogP contribution in [0.15, 0.2) is 66.7 Å². The van der Waals surface area contributed by atoms with Gasteiger partial charge in [-0.2, -0.15) is 0 Å². The lowest BCUT2D eigenvalue weighted by atomic mass is 9.77. The van der Waals surface area contributed by atoms with E-state index in [0.29, 0.717) is 22.4 Å². The van der Waals surface area contributed by atoms with Crippen molar-refractivity contribution in [2.24, 2.45) is 5.92 Å². The molecule has 3 aromatic rings. The molecule has 3 unspecified atom stereocenters. The van der Waals surface area contributed by atoms with Gasteiger partial charge in [0.05, 0.1) is 11.4 Å². The van der Waals surface area contributed by atoms with Gasteiger partial charge in [-0.25, -0.2) is 14.2 Å². The molecule has 0 radical (unpaired) electrons. The zero-order valence-electron chi connectivity index (χ0n) is 19.6. The van der Waals surface area contributed by atoms with E-state index in [0.717, 1.165) is 0 Å². The number of pyridine rings is 1. The van der Waals surface area contributed by atoms with Gasteiger partial charge in [0.25, 0.3) is 0 Å². The molecule has 8 heteroatoms. The number of rotatable bonds is 7. The highest BCUT2D eigenvalue weighted by molar-refractivity contribution is 7.42. The Bertz CT molecular complexity index is 1300. The number of halogens is 1. The molecule has 0 aliphatic rings. The van der Waals surface area contributed by atoms with Gasteiger partial charge in [-0.05, 0) is 42.3 Å². The highest BCUT2D eigenvalue weighted by atomic mass is 31.1. The van der Waals surface area contributed by atoms with Gasteiger partial charge < -0.3 is 15.1 Å². The minimum absolute atomic E-state index is 0.129. The van der Waals surface area contributed by atoms with Crippen molar-refractivity contribution in [1.29, 1.82) is 0 Å². The van der Waals surface area contributed by atoms with Crippen LogP contribution in [-0.2, 0) is 21.4 Å². The van der Waals surface area contributed by atoms with Crippen molar-refractivity contribution < 1.29 is 28.9 Å². The van der Waals surface area contributed by atoms with E-state index < -0.39 is 37.0 Å². The van der Waals surface area contributed by atoms with E-state index in [-0.39, 0.29) is 11.6 Å². The van der Waals surface area contributed by atoms with Crippen LogP contribution >= 0.6 is 8.03 Å². The fourth-order valence-corrected chi connectivity index (χ4v) is 4.82. The second kappa shape index (κ2) is 10.5. The zero-order valence-corrected chi connectivity index (χ0v) is 20.6. The number of aliphatic hydroxyl groups is 1. The molecule has 0 fully saturated rings. The molecular weight excluding hydrogens is 468 g/mol. The van der Waals surface area contributed by atoms with Crippen molar-refractivity contribution in [2.45, 2.75) is 37.9 Å². The predicted molar refractivity (Wildman–Crippen MR) is 133 cm³/mol. The van der Waals surface area contributed by atoms with Crippen LogP contribution in [0.3, 0.4) is 0 Å². The Kier molecular flexibility index (Phi) is 7.92. The fourth-order valence-electron chi connectivity index (χ4n) is 3.89. The minimum atomic E-state index is -4.03. The number of aliphatic carboxylic acids is 1. The van der Waals surface area contributed by atoms with E-state index in [1.54, 1.807) is 57.2 Å². The van der Waals surface area contributed by atoms with Crippen LogP contribution in [0.2, 0.25) is 0 Å². The predicted octanol–water partition coefficient (Wildman–Crippen LogP) is 4.58. The monoisotopic (exact) mass is 495 g/mol. The molecule has 3 N–H and O–H groups in total. The van der Waals surface area contributed by atoms with Crippen molar-refractivity contribution in [3.63, 3.8) is 0 Å². The maximum absolute atomic E-state index is 13.8. The Morgan fingerprint density at radius 3 is 2.37 bits per heavy atom. The number of carboxylic acids is 1. The summed E-state index contributed by atoms with van der Waals surface area (Å²) in [6.45, 7) is 5.01. The summed E-state index contributed by atoms with van der Waals surface area (Å²) in [5, 5.41) is 19.7. The largest absolute Gasteiger partial charge is 0.480 e. The number of carboxylic acid groups (broad SMARTS) is 1. The number of aromatic nitrogens is 1. The third-order valence-corrected chi connectivity index (χ3v) is 7.20. The van der Waals surface area contributed by atoms with Crippen LogP contribution in [0, 0.1) is 30.5 Å². The van der Waals surface area contributed by atoms with E-state index in [4.69, 9.17) is 0 Å². The van der Waals surface area contributed by atoms with Crippen molar-refractivity contribution >= 4 is 14.0 Å². The molecule has 0 saturated heterocycles. The van der Waals surface area contributed by atoms with E-state index >= 15 is 0 Å². The number of hydrogen-bond donors (Lipinski definition) is 3. The van der Waals surface area contributed by atoms with E-state index in [2.05, 4.69) is 16.8 Å². The topological polar surface area (TPSA) is 108 Å². The molecule has 182 valence electrons. The quantitative estimate of drug-likeness (QED) is 0.327. The van der Waals surface area contributed by atoms with Crippen LogP contribution < -0.4 is 0 Å². The number of aryl methyl sites for hydroxylation is 1. The molecule has 2 aromatic carbocycles. The van der Waals surface area contributed by atoms with Gasteiger partial charge >= 0.3 is 5.97 Å². The average Bonchev–Trinajstić information content (AvgIpc) is 2.81. The second-order valence-electron chi connectivity index (χ2n) is 8.67. The van der Waals surface area contributed by atoms with Crippen LogP contribution in [-0.4, -0.2) is 31.2 Å². The van der Waals surface area contributed by atoms with Crippen LogP contribution in [0.1, 0.15) is 30.7 Å². The number of benzene rings is 2. The Morgan fingerprint density at radius 1 is 1.11 bits per heavy atom. The maximum atomic E-state index is 13.8. The molecule has 0 aliphatic carbocycles. The minimum Gasteiger partial charge on any atom is -0.480 e. The molecule has 0 aliphatic heterocycles. The fraction of sp³-hybridized carbons (Fsp3) is 0.259. The third kappa shape index (κ3) is 5.21. The highest BCUT2D eigenvalue weighted by Crippen LogP contribution is 2.51. The summed E-state index contributed by atoms with van der Waals surface area (Å²) in [6, 6.07) is 17.6. The van der Waals surface area contributed by atoms with E-state index in [1.165, 1.54) is 24.3 Å². The normalized spacial score (nSPS) is 15.4. The molecule has 0 bridgehead atoms. The lowest BCUT2D eigenvalue weighted by Crippen LogP contribution is -2.56. The number of nitrogens with zero attached hydrogens (tertiary/aromatic N) is 1. The van der Waals surface area contributed by atoms with Crippen molar-refractivity contribution in [1.82, 2.24) is 4.98 Å². The number of hydrogen-bond acceptors (Lipinski definition) is 4. The standard InChI is InChI=1S/C27H27FNO5P/c1-18(2)14-15-27(25(30)31,35(33)34)26(32,17-21-12-13-22(28)16-19(21)3)24-11-7-10-23(29-24)20-8-5-4-6-9-20/h4-13,16,18,32,35H,17H2,1-3H3,(H,30,31)(H,33,34). The Morgan fingerprint density at radius 2 is 1.80 bits per heavy atom. The molecule has 0 amide bonds. The molecule has 3 atom stereocenters. The molecular formula is C27H27FNO5P. The van der Waals surface area contributed by atoms with Gasteiger partial charge in [-0.3, -0.25) is 4.57 Å². The van der Waals surface area contributed by atoms with Gasteiger partial charge in [0.15, 0.2) is 0 Å². The smallest absolute Gasteiger partial charge is 0.335 e. The first-order valence-electron chi connectivity index (χ1n) is 11.0. The summed E-state index contributed by atoms with van der Waals surface area (Å²) in [6.07, 6.45) is -0.430. The Labute approximate surface area is 204 Å². The Hall–Kier alpha value is -3.30. The summed E-state index contributed by atoms with van der Waals surface area (Å²) in [5.74, 6) is 2.53. The Balaban J connectivity index is 2.36. The van der Waals surface area contributed by atoms with E-state index in [9.17, 15) is 28.9 Å². The first kappa shape index (κ1) is 26.3. The maximum Gasteiger partial charge on any atom is 0.335 e. The molecule has 35 heavy (non-hydrogen) atoms. The van der Waals surface area contributed by atoms with Crippen molar-refractivity contribution in [2.75, 3.05) is 0 Å². The average molecular weight is 495 g/mol. The van der Waals surface area contributed by atoms with Crippen LogP contribution in [0.5, 0.6) is 0 Å². The van der Waals surface area contributed by atoms with Crippen molar-refractivity contribution in [3.05, 3.63) is 89.4 Å². The molecule has 3 rings (SSSR count). The van der Waals surface area contributed by atoms with E-state index in [1.807, 2.05) is 6.07 Å². The zero-order chi connectivity index (χ0) is 25.8. The molecule has 0 spiro atoms. The van der Waals surface area contributed by atoms with Gasteiger partial charge in [0, 0.05) is 17.9 Å².